The minimum Gasteiger partial charge on any atom is -0.456 e. The molecule has 0 radical (unpaired) electrons. The molecule has 4 heterocycles. The molecule has 0 aromatic heterocycles. The summed E-state index contributed by atoms with van der Waals surface area (Å²) in [4.78, 5) is 58.9. The molecule has 1 saturated carbocycles. The molecule has 0 spiro atoms. The normalized spacial score (nSPS) is 34.2. The lowest BCUT2D eigenvalue weighted by Crippen LogP contribution is -2.67. The molecule has 19 nitrogen and oxygen atoms in total. The van der Waals surface area contributed by atoms with Gasteiger partial charge in [0.25, 0.3) is 0 Å². The topological polar surface area (TPSA) is 227 Å². The van der Waals surface area contributed by atoms with Crippen LogP contribution in [0.1, 0.15) is 74.9 Å². The summed E-state index contributed by atoms with van der Waals surface area (Å²) in [5.41, 5.74) is 11.8. The van der Waals surface area contributed by atoms with E-state index in [-0.39, 0.29) is 37.2 Å². The number of likely N-dealkylation sites (N-methyl/N-ethyl adjacent to an activating group) is 1. The third kappa shape index (κ3) is 11.1. The van der Waals surface area contributed by atoms with Crippen LogP contribution in [0.4, 0.5) is 14.4 Å². The number of nitrogens with one attached hydrogen (secondary N) is 2. The highest BCUT2D eigenvalue weighted by atomic mass is 16.8. The first kappa shape index (κ1) is 48.5. The quantitative estimate of drug-likeness (QED) is 0.0529. The van der Waals surface area contributed by atoms with Gasteiger partial charge in [0, 0.05) is 23.8 Å². The van der Waals surface area contributed by atoms with Crippen molar-refractivity contribution in [3.63, 3.8) is 0 Å². The summed E-state index contributed by atoms with van der Waals surface area (Å²) >= 11 is 0. The SMILES string of the molecule is CCC1O[C@H](OC2O[C@H]3CC(C)[C@@H](O[C@@H]4C(NC(=O)OCc5ccccc5)C[C@@H](NC(=O)OCc5ccccc5)C(OC(=O)c5ccccc5)[C@H]4N=[N+]=[N-])OC3C3OC(=O)N(C)C23)C(C)C[C@@H]1C. The first-order valence-electron chi connectivity index (χ1n) is 23.4. The molecule has 3 amide bonds. The molecule has 19 heteroatoms. The highest BCUT2D eigenvalue weighted by molar-refractivity contribution is 5.89. The lowest BCUT2D eigenvalue weighted by atomic mass is 9.81. The van der Waals surface area contributed by atoms with Gasteiger partial charge in [-0.1, -0.05) is 112 Å². The number of benzene rings is 3. The van der Waals surface area contributed by atoms with Crippen molar-refractivity contribution < 1.29 is 61.8 Å². The number of esters is 1. The van der Waals surface area contributed by atoms with Crippen LogP contribution in [-0.2, 0) is 55.8 Å². The fourth-order valence-corrected chi connectivity index (χ4v) is 10.00. The van der Waals surface area contributed by atoms with Gasteiger partial charge in [0.2, 0.25) is 0 Å². The van der Waals surface area contributed by atoms with Crippen molar-refractivity contribution >= 4 is 24.2 Å². The predicted molar refractivity (Wildman–Crippen MR) is 241 cm³/mol. The third-order valence-electron chi connectivity index (χ3n) is 13.5. The minimum atomic E-state index is -1.38. The molecule has 3 aromatic rings. The van der Waals surface area contributed by atoms with Crippen LogP contribution in [-0.4, -0.2) is 116 Å². The molecule has 5 fully saturated rings. The second kappa shape index (κ2) is 22.0. The van der Waals surface area contributed by atoms with Crippen molar-refractivity contribution in [2.75, 3.05) is 7.05 Å². The predicted octanol–water partition coefficient (Wildman–Crippen LogP) is 7.38. The average molecular weight is 941 g/mol. The number of nitrogens with zero attached hydrogens (tertiary/aromatic N) is 4. The van der Waals surface area contributed by atoms with Gasteiger partial charge < -0.3 is 53.3 Å². The molecular formula is C49H60N6O13. The standard InChI is InChI=1S/C49H60N6O13/c1-6-35-27(2)22-28(3)44(62-35)68-46-38-42(67-49(59)55(38)5)41-36(63-46)23-29(4)45(66-41)65-40-34(52-48(58)61-26-31-18-12-8-13-19-31)24-33(51-47(57)60-25-30-16-10-7-11-17-30)39(37(40)53-54-50)64-43(56)32-20-14-9-15-21-32/h7-21,27-29,33-42,44-46H,6,22-26H2,1-5H3,(H,51,57)(H,52,58)/t27-,28?,29?,33+,34?,35?,36-,37+,38?,39?,40+,41?,42?,44+,45-,46?/m0/s1. The van der Waals surface area contributed by atoms with E-state index in [1.54, 1.807) is 61.6 Å². The first-order chi connectivity index (χ1) is 32.9. The maximum atomic E-state index is 13.8. The smallest absolute Gasteiger partial charge is 0.410 e. The maximum Gasteiger partial charge on any atom is 0.410 e. The van der Waals surface area contributed by atoms with E-state index >= 15 is 0 Å². The van der Waals surface area contributed by atoms with Gasteiger partial charge in [-0.05, 0) is 60.4 Å². The summed E-state index contributed by atoms with van der Waals surface area (Å²) in [6.45, 7) is 8.09. The van der Waals surface area contributed by atoms with Crippen LogP contribution in [0.15, 0.2) is 96.1 Å². The molecule has 0 bridgehead atoms. The van der Waals surface area contributed by atoms with Crippen molar-refractivity contribution in [2.24, 2.45) is 22.9 Å². The van der Waals surface area contributed by atoms with E-state index in [1.807, 2.05) is 43.3 Å². The van der Waals surface area contributed by atoms with Crippen LogP contribution in [0.5, 0.6) is 0 Å². The van der Waals surface area contributed by atoms with Crippen LogP contribution in [0.2, 0.25) is 0 Å². The van der Waals surface area contributed by atoms with Crippen LogP contribution in [0.3, 0.4) is 0 Å². The molecule has 364 valence electrons. The molecule has 1 aliphatic carbocycles. The maximum absolute atomic E-state index is 13.8. The number of rotatable bonds is 14. The van der Waals surface area contributed by atoms with E-state index in [4.69, 9.17) is 42.6 Å². The van der Waals surface area contributed by atoms with Gasteiger partial charge >= 0.3 is 24.2 Å². The van der Waals surface area contributed by atoms with Crippen molar-refractivity contribution in [3.8, 4) is 0 Å². The molecule has 9 unspecified atom stereocenters. The van der Waals surface area contributed by atoms with E-state index in [0.717, 1.165) is 24.0 Å². The Balaban J connectivity index is 1.07. The van der Waals surface area contributed by atoms with E-state index in [0.29, 0.717) is 12.3 Å². The summed E-state index contributed by atoms with van der Waals surface area (Å²) in [5.74, 6) is -0.754. The summed E-state index contributed by atoms with van der Waals surface area (Å²) < 4.78 is 56.6. The monoisotopic (exact) mass is 940 g/mol. The minimum absolute atomic E-state index is 0.0115. The summed E-state index contributed by atoms with van der Waals surface area (Å²) in [7, 11) is 1.62. The highest BCUT2D eigenvalue weighted by Gasteiger charge is 2.60. The molecule has 4 saturated heterocycles. The first-order valence-corrected chi connectivity index (χ1v) is 23.4. The van der Waals surface area contributed by atoms with Crippen molar-refractivity contribution in [1.82, 2.24) is 15.5 Å². The van der Waals surface area contributed by atoms with Gasteiger partial charge in [0.15, 0.2) is 25.0 Å². The number of carbonyl (C=O) groups is 4. The summed E-state index contributed by atoms with van der Waals surface area (Å²) in [5, 5.41) is 9.81. The number of azide groups is 1. The van der Waals surface area contributed by atoms with Crippen molar-refractivity contribution in [1.29, 1.82) is 0 Å². The fraction of sp³-hybridized carbons (Fsp3) is 0.551. The Kier molecular flexibility index (Phi) is 15.7. The zero-order chi connectivity index (χ0) is 47.9. The molecule has 3 aromatic carbocycles. The van der Waals surface area contributed by atoms with Gasteiger partial charge in [-0.25, -0.2) is 19.2 Å². The lowest BCUT2D eigenvalue weighted by molar-refractivity contribution is -0.366. The van der Waals surface area contributed by atoms with Gasteiger partial charge in [-0.2, -0.15) is 0 Å². The Morgan fingerprint density at radius 3 is 1.90 bits per heavy atom. The van der Waals surface area contributed by atoms with Gasteiger partial charge in [-0.3, -0.25) is 4.90 Å². The van der Waals surface area contributed by atoms with E-state index in [1.165, 1.54) is 4.90 Å². The summed E-state index contributed by atoms with van der Waals surface area (Å²) in [6.07, 6.45) is -7.72. The fourth-order valence-electron chi connectivity index (χ4n) is 10.00. The largest absolute Gasteiger partial charge is 0.456 e. The zero-order valence-corrected chi connectivity index (χ0v) is 38.7. The van der Waals surface area contributed by atoms with Crippen LogP contribution < -0.4 is 10.6 Å². The van der Waals surface area contributed by atoms with Crippen LogP contribution in [0, 0.1) is 17.8 Å². The Hall–Kier alpha value is -5.95. The number of fused-ring (bicyclic) bond motifs is 3. The Labute approximate surface area is 394 Å². The Morgan fingerprint density at radius 2 is 1.29 bits per heavy atom. The number of hydrogen-bond acceptors (Lipinski definition) is 14. The number of carbonyl (C=O) groups excluding carboxylic acids is 4. The second-order valence-corrected chi connectivity index (χ2v) is 18.3. The van der Waals surface area contributed by atoms with Gasteiger partial charge in [-0.15, -0.1) is 0 Å². The molecule has 16 atom stereocenters. The van der Waals surface area contributed by atoms with Crippen LogP contribution in [0.25, 0.3) is 10.4 Å². The lowest BCUT2D eigenvalue weighted by Gasteiger charge is -2.51. The molecule has 2 N–H and O–H groups in total. The molecule has 8 rings (SSSR count). The molecular weight excluding hydrogens is 881 g/mol. The Morgan fingerprint density at radius 1 is 0.721 bits per heavy atom. The third-order valence-corrected chi connectivity index (χ3v) is 13.5. The summed E-state index contributed by atoms with van der Waals surface area (Å²) in [6, 6.07) is 22.1. The van der Waals surface area contributed by atoms with Crippen molar-refractivity contribution in [2.45, 2.75) is 146 Å². The van der Waals surface area contributed by atoms with E-state index in [9.17, 15) is 24.7 Å². The molecule has 68 heavy (non-hydrogen) atoms. The van der Waals surface area contributed by atoms with Crippen LogP contribution >= 0.6 is 0 Å². The molecule has 4 aliphatic heterocycles. The number of amides is 3. The van der Waals surface area contributed by atoms with E-state index < -0.39 is 104 Å². The Bertz CT molecular complexity index is 2240. The molecule has 5 aliphatic rings. The van der Waals surface area contributed by atoms with E-state index in [2.05, 4.69) is 41.4 Å². The zero-order valence-electron chi connectivity index (χ0n) is 38.7. The number of alkyl carbamates (subject to hydrolysis) is 2. The van der Waals surface area contributed by atoms with Gasteiger partial charge in [0.1, 0.15) is 37.5 Å². The number of ether oxygens (including phenoxy) is 9. The average Bonchev–Trinajstić information content (AvgIpc) is 3.64. The van der Waals surface area contributed by atoms with Gasteiger partial charge in [0.05, 0.1) is 36.0 Å². The van der Waals surface area contributed by atoms with Crippen molar-refractivity contribution in [3.05, 3.63) is 118 Å². The second-order valence-electron chi connectivity index (χ2n) is 18.3. The highest BCUT2D eigenvalue weighted by Crippen LogP contribution is 2.43. The number of hydrogen-bond donors (Lipinski definition) is 2.